The number of rotatable bonds is 24. The second-order valence-electron chi connectivity index (χ2n) is 13.0. The number of guanidine groups is 1. The molecule has 58 heavy (non-hydrogen) atoms. The molecule has 0 radical (unpaired) electrons. The summed E-state index contributed by atoms with van der Waals surface area (Å²) < 4.78 is 0. The minimum atomic E-state index is -1.81. The van der Waals surface area contributed by atoms with E-state index in [4.69, 9.17) is 22.3 Å². The first kappa shape index (κ1) is 47.3. The van der Waals surface area contributed by atoms with Crippen molar-refractivity contribution in [3.8, 4) is 5.75 Å². The summed E-state index contributed by atoms with van der Waals surface area (Å²) >= 11 is 0. The van der Waals surface area contributed by atoms with Crippen molar-refractivity contribution < 1.29 is 58.8 Å². The highest BCUT2D eigenvalue weighted by atomic mass is 16.4. The molecule has 2 aromatic rings. The Bertz CT molecular complexity index is 1770. The summed E-state index contributed by atoms with van der Waals surface area (Å²) in [5.74, 6) is -8.75. The molecule has 1 aromatic heterocycles. The third-order valence-electron chi connectivity index (χ3n) is 8.18. The van der Waals surface area contributed by atoms with Crippen molar-refractivity contribution >= 4 is 53.3 Å². The monoisotopic (exact) mass is 818 g/mol. The maximum absolute atomic E-state index is 13.8. The average Bonchev–Trinajstić information content (AvgIpc) is 3.66. The van der Waals surface area contributed by atoms with Crippen molar-refractivity contribution in [1.82, 2.24) is 41.9 Å². The van der Waals surface area contributed by atoms with E-state index in [0.29, 0.717) is 11.3 Å². The number of carbonyl (C=O) groups is 8. The fourth-order valence-corrected chi connectivity index (χ4v) is 5.25. The number of phenols is 1. The van der Waals surface area contributed by atoms with Crippen LogP contribution in [0.2, 0.25) is 0 Å². The van der Waals surface area contributed by atoms with E-state index < -0.39 is 103 Å². The van der Waals surface area contributed by atoms with Crippen LogP contribution in [0.5, 0.6) is 5.75 Å². The van der Waals surface area contributed by atoms with Gasteiger partial charge >= 0.3 is 5.97 Å². The van der Waals surface area contributed by atoms with Crippen molar-refractivity contribution in [3.63, 3.8) is 0 Å². The molecule has 0 aliphatic rings. The van der Waals surface area contributed by atoms with Crippen molar-refractivity contribution in [2.45, 2.75) is 88.3 Å². The number of carbonyl (C=O) groups excluding carboxylic acids is 7. The number of nitrogens with zero attached hydrogens (tertiary/aromatic N) is 2. The van der Waals surface area contributed by atoms with Gasteiger partial charge in [0, 0.05) is 38.2 Å². The molecular formula is C34H50N12O12. The predicted molar refractivity (Wildman–Crippen MR) is 201 cm³/mol. The van der Waals surface area contributed by atoms with Gasteiger partial charge in [-0.1, -0.05) is 12.1 Å². The van der Waals surface area contributed by atoms with Crippen LogP contribution in [-0.2, 0) is 51.2 Å². The zero-order valence-corrected chi connectivity index (χ0v) is 31.6. The molecule has 2 rings (SSSR count). The van der Waals surface area contributed by atoms with Gasteiger partial charge in [0.15, 0.2) is 5.96 Å². The number of hydrogen-bond acceptors (Lipinski definition) is 13. The number of carboxylic acids is 1. The van der Waals surface area contributed by atoms with Crippen LogP contribution in [0.25, 0.3) is 0 Å². The Labute approximate surface area is 331 Å². The number of H-pyrrole nitrogens is 1. The summed E-state index contributed by atoms with van der Waals surface area (Å²) in [6.45, 7) is 1.24. The predicted octanol–water partition coefficient (Wildman–Crippen LogP) is -5.78. The summed E-state index contributed by atoms with van der Waals surface area (Å²) in [5.41, 5.74) is 16.8. The standard InChI is InChI=1S/C34H50N12O12/c1-16(48)27(33(58)45-25(14-47)32(57)42-21(4-3-9-39-34(36)37)29(54)43-22(28(35)53)12-26(51)52)46-31(56)23(10-18-5-7-20(50)8-6-18)44-30(55)24(41-17(2)49)11-19-13-38-15-40-19/h5-8,13,15-16,21-25,27,47-48,50H,3-4,9-12,14H2,1-2H3,(H2,35,53)(H,38,40)(H,41,49)(H,42,57)(H,43,54)(H,44,55)(H,45,58)(H,46,56)(H,51,52)(H4,36,37,39)/t16-,21+,22+,23+,24+,25+,27+/m1/s1. The number of primary amides is 1. The molecule has 24 nitrogen and oxygen atoms in total. The number of nitrogens with two attached hydrogens (primary N) is 3. The number of aliphatic carboxylic acids is 1. The highest BCUT2D eigenvalue weighted by molar-refractivity contribution is 5.97. The van der Waals surface area contributed by atoms with E-state index in [1.165, 1.54) is 43.7 Å². The molecule has 0 spiro atoms. The molecule has 0 fully saturated rings. The number of amides is 7. The molecule has 0 bridgehead atoms. The minimum Gasteiger partial charge on any atom is -0.508 e. The fraction of sp³-hybridized carbons (Fsp3) is 0.471. The lowest BCUT2D eigenvalue weighted by atomic mass is 10.0. The summed E-state index contributed by atoms with van der Waals surface area (Å²) in [6.07, 6.45) is -0.0986. The topological polar surface area (TPSA) is 409 Å². The Hall–Kier alpha value is -6.82. The number of aromatic nitrogens is 2. The van der Waals surface area contributed by atoms with Gasteiger partial charge in [-0.15, -0.1) is 0 Å². The molecule has 318 valence electrons. The number of phenolic OH excluding ortho intramolecular Hbond substituents is 1. The Kier molecular flexibility index (Phi) is 19.0. The number of aliphatic imine (C=N–C) groups is 1. The summed E-state index contributed by atoms with van der Waals surface area (Å²) in [7, 11) is 0. The lowest BCUT2D eigenvalue weighted by Crippen LogP contribution is -2.62. The van der Waals surface area contributed by atoms with Crippen molar-refractivity contribution in [3.05, 3.63) is 48.0 Å². The van der Waals surface area contributed by atoms with Crippen LogP contribution in [0.3, 0.4) is 0 Å². The number of hydrogen-bond donors (Lipinski definition) is 14. The van der Waals surface area contributed by atoms with Gasteiger partial charge in [0.25, 0.3) is 0 Å². The molecule has 7 atom stereocenters. The van der Waals surface area contributed by atoms with Crippen molar-refractivity contribution in [1.29, 1.82) is 0 Å². The summed E-state index contributed by atoms with van der Waals surface area (Å²) in [5, 5.41) is 53.4. The maximum atomic E-state index is 13.8. The first-order valence-corrected chi connectivity index (χ1v) is 17.7. The smallest absolute Gasteiger partial charge is 0.305 e. The van der Waals surface area contributed by atoms with Gasteiger partial charge in [-0.2, -0.15) is 0 Å². The number of aliphatic hydroxyl groups excluding tert-OH is 2. The first-order chi connectivity index (χ1) is 27.3. The fourth-order valence-electron chi connectivity index (χ4n) is 5.25. The highest BCUT2D eigenvalue weighted by Crippen LogP contribution is 2.13. The molecule has 24 heteroatoms. The molecule has 0 unspecified atom stereocenters. The molecular weight excluding hydrogens is 768 g/mol. The van der Waals surface area contributed by atoms with E-state index >= 15 is 0 Å². The van der Waals surface area contributed by atoms with Gasteiger partial charge in [-0.05, 0) is 37.5 Å². The molecule has 0 saturated carbocycles. The number of aromatic hydroxyl groups is 1. The maximum Gasteiger partial charge on any atom is 0.305 e. The molecule has 0 aliphatic heterocycles. The van der Waals surface area contributed by atoms with Crippen LogP contribution >= 0.6 is 0 Å². The van der Waals surface area contributed by atoms with E-state index in [2.05, 4.69) is 46.9 Å². The number of aliphatic hydroxyl groups is 2. The van der Waals surface area contributed by atoms with Crippen LogP contribution in [0, 0.1) is 0 Å². The summed E-state index contributed by atoms with van der Waals surface area (Å²) in [6, 6.07) is -3.83. The van der Waals surface area contributed by atoms with Crippen LogP contribution in [0.1, 0.15) is 44.4 Å². The van der Waals surface area contributed by atoms with E-state index in [9.17, 15) is 53.7 Å². The first-order valence-electron chi connectivity index (χ1n) is 17.7. The molecule has 1 aromatic carbocycles. The molecule has 7 amide bonds. The SMILES string of the molecule is CC(=O)N[C@@H](Cc1cnc[nH]1)C(=O)N[C@@H](Cc1ccc(O)cc1)C(=O)N[C@H](C(=O)N[C@@H](CO)C(=O)N[C@@H](CCCN=C(N)N)C(=O)N[C@@H](CC(=O)O)C(N)=O)[C@@H](C)O. The molecule has 17 N–H and O–H groups in total. The van der Waals surface area contributed by atoms with E-state index in [0.717, 1.165) is 6.92 Å². The second-order valence-corrected chi connectivity index (χ2v) is 13.0. The van der Waals surface area contributed by atoms with Gasteiger partial charge in [0.2, 0.25) is 41.4 Å². The third-order valence-corrected chi connectivity index (χ3v) is 8.18. The van der Waals surface area contributed by atoms with Gasteiger partial charge in [-0.3, -0.25) is 43.3 Å². The van der Waals surface area contributed by atoms with E-state index in [1.54, 1.807) is 0 Å². The largest absolute Gasteiger partial charge is 0.508 e. The minimum absolute atomic E-state index is 0.0152. The molecule has 0 saturated heterocycles. The van der Waals surface area contributed by atoms with Crippen LogP contribution < -0.4 is 49.1 Å². The van der Waals surface area contributed by atoms with Crippen LogP contribution in [0.4, 0.5) is 0 Å². The Balaban J connectivity index is 2.30. The Morgan fingerprint density at radius 1 is 0.776 bits per heavy atom. The Morgan fingerprint density at radius 3 is 1.86 bits per heavy atom. The van der Waals surface area contributed by atoms with Crippen LogP contribution in [0.15, 0.2) is 41.8 Å². The average molecular weight is 819 g/mol. The lowest BCUT2D eigenvalue weighted by Gasteiger charge is -2.28. The second kappa shape index (κ2) is 23.3. The quantitative estimate of drug-likeness (QED) is 0.0267. The zero-order valence-electron chi connectivity index (χ0n) is 31.6. The van der Waals surface area contributed by atoms with Gasteiger partial charge < -0.3 is 74.5 Å². The number of benzene rings is 1. The van der Waals surface area contributed by atoms with E-state index in [1.807, 2.05) is 0 Å². The van der Waals surface area contributed by atoms with E-state index in [-0.39, 0.29) is 43.9 Å². The number of nitrogens with one attached hydrogen (secondary N) is 7. The number of aromatic amines is 1. The Morgan fingerprint density at radius 2 is 1.33 bits per heavy atom. The van der Waals surface area contributed by atoms with Gasteiger partial charge in [0.05, 0.1) is 25.5 Å². The summed E-state index contributed by atoms with van der Waals surface area (Å²) in [4.78, 5) is 113. The van der Waals surface area contributed by atoms with Crippen molar-refractivity contribution in [2.24, 2.45) is 22.2 Å². The van der Waals surface area contributed by atoms with Crippen LogP contribution in [-0.4, -0.2) is 139 Å². The highest BCUT2D eigenvalue weighted by Gasteiger charge is 2.35. The molecule has 1 heterocycles. The number of carboxylic acid groups (broad SMARTS) is 1. The molecule has 0 aliphatic carbocycles. The van der Waals surface area contributed by atoms with Gasteiger partial charge in [0.1, 0.15) is 42.0 Å². The third kappa shape index (κ3) is 16.5. The normalized spacial score (nSPS) is 14.4. The van der Waals surface area contributed by atoms with Crippen molar-refractivity contribution in [2.75, 3.05) is 13.2 Å². The van der Waals surface area contributed by atoms with Gasteiger partial charge in [-0.25, -0.2) is 4.98 Å². The zero-order chi connectivity index (χ0) is 43.5. The lowest BCUT2D eigenvalue weighted by molar-refractivity contribution is -0.140. The number of imidazole rings is 1.